The van der Waals surface area contributed by atoms with Gasteiger partial charge in [-0.3, -0.25) is 48.2 Å². The van der Waals surface area contributed by atoms with Gasteiger partial charge in [-0.1, -0.05) is 50.6 Å². The number of anilines is 2. The number of nitrogen functional groups attached to an aromatic ring is 1. The van der Waals surface area contributed by atoms with Gasteiger partial charge in [0.05, 0.1) is 35.5 Å². The van der Waals surface area contributed by atoms with Crippen LogP contribution in [0.25, 0.3) is 0 Å². The third-order valence-corrected chi connectivity index (χ3v) is 18.0. The topological polar surface area (TPSA) is 426 Å². The highest BCUT2D eigenvalue weighted by atomic mass is 16.7. The largest absolute Gasteiger partial charge is 0.507 e. The number of fused-ring (bicyclic) bond motifs is 6. The highest BCUT2D eigenvalue weighted by Gasteiger charge is 2.55. The van der Waals surface area contributed by atoms with Crippen molar-refractivity contribution in [3.8, 4) is 11.5 Å². The van der Waals surface area contributed by atoms with E-state index in [1.807, 2.05) is 0 Å². The third kappa shape index (κ3) is 15.7. The molecule has 31 heteroatoms. The SMILES string of the molecule is CO[C@H]1OCCN2[C@@H]1O[C@@H]1[C@H](C)OC(O[C@H]3C[C@](O)(C(=O)COC(=O)N(C)CCN(C)C(=O)OCc4ccccc4NC(=O)[C@H](CCCNC(N)=O)NC(=O)[C@@H](NC(=O)CCCCCN4C(=O)C=CC4=O)C(C)C)Cc4c(O)c5c(c(O)c43)C(=O)c3c(N)cccc3C5=O)C[C@@H]12. The summed E-state index contributed by atoms with van der Waals surface area (Å²) in [5.41, 5.74) is 7.52. The standard InChI is InChI=1S/C65H82N10O21/c1-33(2)52(71-44(77)19-8-7-11-23-75-45(78)20-21-46(75)79)59(85)70-40(18-13-22-68-62(67)86)58(84)69-39-17-10-9-14-35(39)31-92-63(87)72(4)24-25-73(5)64(88)93-32-43(76)65(89)29-37-49(56(83)51-50(54(37)81)53(80)36-15-12-16-38(66)48(36)55(51)82)42(30-65)95-47-28-41-57(34(3)94-47)96-60-61(90-6)91-27-26-74(41)60/h9-10,12,14-17,20-21,33-34,40-42,47,52,57,60-61,81,83,89H,7-8,11,13,18-19,22-32,66H2,1-6H3,(H,69,84)(H,70,85)(H,71,77)(H3,67,68,86)/t34-,40-,41-,42-,47?,52-,57+,60+,61-,65-/m0/s1. The number of hydrogen-bond acceptors (Lipinski definition) is 23. The number of nitrogens with two attached hydrogens (primary N) is 2. The van der Waals surface area contributed by atoms with Gasteiger partial charge in [0.15, 0.2) is 37.0 Å². The molecule has 3 aromatic rings. The lowest BCUT2D eigenvalue weighted by Gasteiger charge is -2.43. The fourth-order valence-corrected chi connectivity index (χ4v) is 12.7. The molecule has 0 saturated carbocycles. The summed E-state index contributed by atoms with van der Waals surface area (Å²) in [6.45, 7) is 4.61. The maximum atomic E-state index is 14.3. The number of rotatable bonds is 27. The number of para-hydroxylation sites is 1. The van der Waals surface area contributed by atoms with Gasteiger partial charge >= 0.3 is 18.2 Å². The number of methoxy groups -OCH3 is 1. The molecule has 518 valence electrons. The second-order valence-electron chi connectivity index (χ2n) is 24.9. The molecular weight excluding hydrogens is 1260 g/mol. The van der Waals surface area contributed by atoms with Crippen molar-refractivity contribution in [3.05, 3.63) is 93.6 Å². The van der Waals surface area contributed by atoms with Crippen LogP contribution in [-0.2, 0) is 75.0 Å². The number of nitrogens with one attached hydrogen (secondary N) is 4. The van der Waals surface area contributed by atoms with Gasteiger partial charge in [0, 0.05) is 131 Å². The number of primary amides is 1. The van der Waals surface area contributed by atoms with E-state index in [1.165, 1.54) is 51.6 Å². The number of carbonyl (C=O) groups is 11. The minimum Gasteiger partial charge on any atom is -0.507 e. The van der Waals surface area contributed by atoms with Crippen LogP contribution in [0.5, 0.6) is 11.5 Å². The van der Waals surface area contributed by atoms with E-state index in [4.69, 9.17) is 44.6 Å². The highest BCUT2D eigenvalue weighted by Crippen LogP contribution is 2.53. The van der Waals surface area contributed by atoms with Gasteiger partial charge in [-0.25, -0.2) is 14.4 Å². The average molecular weight is 1340 g/mol. The number of phenols is 2. The number of ketones is 3. The first-order valence-electron chi connectivity index (χ1n) is 31.7. The van der Waals surface area contributed by atoms with E-state index >= 15 is 0 Å². The third-order valence-electron chi connectivity index (χ3n) is 18.0. The quantitative estimate of drug-likeness (QED) is 0.0179. The normalized spacial score (nSPS) is 23.2. The van der Waals surface area contributed by atoms with E-state index < -0.39 is 168 Å². The molecule has 3 aromatic carbocycles. The number of hydrogen-bond donors (Lipinski definition) is 9. The molecular formula is C65H82N10O21. The van der Waals surface area contributed by atoms with E-state index in [1.54, 1.807) is 45.0 Å². The summed E-state index contributed by atoms with van der Waals surface area (Å²) in [4.78, 5) is 151. The Morgan fingerprint density at radius 1 is 0.833 bits per heavy atom. The number of benzene rings is 3. The van der Waals surface area contributed by atoms with Crippen LogP contribution in [0.3, 0.4) is 0 Å². The number of likely N-dealkylation sites (N-methyl/N-ethyl adjacent to an activating group) is 2. The highest BCUT2D eigenvalue weighted by molar-refractivity contribution is 6.32. The van der Waals surface area contributed by atoms with Crippen LogP contribution >= 0.6 is 0 Å². The van der Waals surface area contributed by atoms with Crippen molar-refractivity contribution in [1.29, 1.82) is 0 Å². The number of nitrogens with zero attached hydrogens (tertiary/aromatic N) is 4. The van der Waals surface area contributed by atoms with Crippen molar-refractivity contribution in [2.75, 3.05) is 78.2 Å². The van der Waals surface area contributed by atoms with Gasteiger partial charge in [-0.15, -0.1) is 0 Å². The lowest BCUT2D eigenvalue weighted by Crippen LogP contribution is -2.55. The molecule has 1 unspecified atom stereocenters. The summed E-state index contributed by atoms with van der Waals surface area (Å²) in [7, 11) is 4.21. The minimum absolute atomic E-state index is 0.0181. The smallest absolute Gasteiger partial charge is 0.409 e. The Balaban J connectivity index is 0.798. The van der Waals surface area contributed by atoms with Gasteiger partial charge < -0.3 is 91.0 Å². The number of phenolic OH excluding ortho intramolecular Hbond substituents is 2. The Bertz CT molecular complexity index is 3550. The van der Waals surface area contributed by atoms with Gasteiger partial charge in [0.25, 0.3) is 11.8 Å². The number of unbranched alkanes of at least 4 members (excludes halogenated alkanes) is 2. The molecule has 9 amide bonds. The number of aliphatic hydroxyl groups is 1. The zero-order valence-corrected chi connectivity index (χ0v) is 54.1. The van der Waals surface area contributed by atoms with Gasteiger partial charge in [0.2, 0.25) is 23.5 Å². The van der Waals surface area contributed by atoms with Crippen LogP contribution in [-0.4, -0.2) is 222 Å². The van der Waals surface area contributed by atoms with Crippen LogP contribution < -0.4 is 32.7 Å². The lowest BCUT2D eigenvalue weighted by atomic mass is 9.71. The van der Waals surface area contributed by atoms with Crippen molar-refractivity contribution in [3.63, 3.8) is 0 Å². The monoisotopic (exact) mass is 1340 g/mol. The molecule has 3 saturated heterocycles. The first-order valence-corrected chi connectivity index (χ1v) is 31.7. The maximum absolute atomic E-state index is 14.3. The molecule has 0 aromatic heterocycles. The number of urea groups is 1. The van der Waals surface area contributed by atoms with Crippen molar-refractivity contribution < 1.29 is 101 Å². The van der Waals surface area contributed by atoms with Crippen molar-refractivity contribution in [1.82, 2.24) is 35.6 Å². The summed E-state index contributed by atoms with van der Waals surface area (Å²) in [6, 6.07) is 7.23. The minimum atomic E-state index is -2.50. The maximum Gasteiger partial charge on any atom is 0.409 e. The summed E-state index contributed by atoms with van der Waals surface area (Å²) in [5, 5.41) is 47.3. The van der Waals surface area contributed by atoms with Crippen molar-refractivity contribution in [2.24, 2.45) is 11.7 Å². The molecule has 3 fully saturated rings. The number of amides is 9. The Morgan fingerprint density at radius 3 is 2.23 bits per heavy atom. The number of imide groups is 1. The van der Waals surface area contributed by atoms with Gasteiger partial charge in [-0.05, 0) is 50.7 Å². The number of aromatic hydroxyl groups is 2. The predicted octanol–water partition coefficient (Wildman–Crippen LogP) is 2.13. The van der Waals surface area contributed by atoms with Crippen LogP contribution in [0.2, 0.25) is 0 Å². The number of Topliss-reactive ketones (excluding diaryl/α,β-unsaturated/α-hetero) is 1. The first-order chi connectivity index (χ1) is 45.7. The second kappa shape index (κ2) is 30.7. The van der Waals surface area contributed by atoms with Crippen LogP contribution in [0.4, 0.5) is 25.8 Å². The molecule has 0 spiro atoms. The molecule has 4 heterocycles. The fourth-order valence-electron chi connectivity index (χ4n) is 12.7. The molecule has 11 N–H and O–H groups in total. The molecule has 31 nitrogen and oxygen atoms in total. The van der Waals surface area contributed by atoms with E-state index in [0.717, 1.165) is 14.7 Å². The van der Waals surface area contributed by atoms with Crippen LogP contribution in [0.1, 0.15) is 127 Å². The van der Waals surface area contributed by atoms with Crippen LogP contribution in [0.15, 0.2) is 54.6 Å². The number of morpholine rings is 1. The Hall–Kier alpha value is -9.11. The summed E-state index contributed by atoms with van der Waals surface area (Å²) >= 11 is 0. The van der Waals surface area contributed by atoms with Gasteiger partial charge in [-0.2, -0.15) is 0 Å². The van der Waals surface area contributed by atoms with Crippen molar-refractivity contribution in [2.45, 2.75) is 146 Å². The Morgan fingerprint density at radius 2 is 1.53 bits per heavy atom. The average Bonchev–Trinajstić information content (AvgIpc) is 0.874. The zero-order chi connectivity index (χ0) is 69.4. The molecule has 10 atom stereocenters. The van der Waals surface area contributed by atoms with E-state index in [9.17, 15) is 68.1 Å². The fraction of sp³-hybridized carbons (Fsp3) is 0.523. The van der Waals surface area contributed by atoms with Crippen molar-refractivity contribution >= 4 is 76.5 Å². The van der Waals surface area contributed by atoms with E-state index in [-0.39, 0.29) is 98.1 Å². The molecule has 2 aliphatic carbocycles. The van der Waals surface area contributed by atoms with Gasteiger partial charge in [0.1, 0.15) is 41.9 Å². The molecule has 4 aliphatic heterocycles. The summed E-state index contributed by atoms with van der Waals surface area (Å²) < 4.78 is 41.6. The number of carbonyl (C=O) groups excluding carboxylic acids is 11. The van der Waals surface area contributed by atoms with E-state index in [2.05, 4.69) is 26.2 Å². The zero-order valence-electron chi connectivity index (χ0n) is 54.1. The first kappa shape index (κ1) is 71.2. The lowest BCUT2D eigenvalue weighted by molar-refractivity contribution is -0.256. The molecule has 6 aliphatic rings. The second-order valence-corrected chi connectivity index (χ2v) is 24.9. The molecule has 96 heavy (non-hydrogen) atoms. The van der Waals surface area contributed by atoms with E-state index in [0.29, 0.717) is 38.0 Å². The van der Waals surface area contributed by atoms with Crippen LogP contribution in [0, 0.1) is 5.92 Å². The predicted molar refractivity (Wildman–Crippen MR) is 336 cm³/mol. The number of ether oxygens (including phenoxy) is 7. The summed E-state index contributed by atoms with van der Waals surface area (Å²) in [6.07, 6.45) is -3.91. The molecule has 0 bridgehead atoms. The molecule has 9 rings (SSSR count). The summed E-state index contributed by atoms with van der Waals surface area (Å²) in [5.74, 6) is -7.27. The molecule has 0 radical (unpaired) electrons. The Labute approximate surface area is 552 Å². The Kier molecular flexibility index (Phi) is 22.8.